The Bertz CT molecular complexity index is 1640. The van der Waals surface area contributed by atoms with Crippen LogP contribution >= 0.6 is 0 Å². The topological polar surface area (TPSA) is 13.0 Å². The molecule has 0 spiro atoms. The van der Waals surface area contributed by atoms with Crippen molar-refractivity contribution in [1.82, 2.24) is 0 Å². The minimum Gasteiger partial charge on any atom is -0.349 e. The average Bonchev–Trinajstić information content (AvgIpc) is 3.50. The Morgan fingerprint density at radius 2 is 0.583 bits per heavy atom. The largest absolute Gasteiger partial charge is 0.349 e. The van der Waals surface area contributed by atoms with Crippen molar-refractivity contribution >= 4 is 22.7 Å². The molecule has 4 nitrogen and oxygen atoms in total. The van der Waals surface area contributed by atoms with E-state index in [4.69, 9.17) is 0 Å². The Kier molecular flexibility index (Phi) is 10.1. The van der Waals surface area contributed by atoms with Gasteiger partial charge >= 0.3 is 0 Å². The minimum atomic E-state index is 0.269. The van der Waals surface area contributed by atoms with E-state index in [2.05, 4.69) is 177 Å². The Morgan fingerprint density at radius 1 is 0.354 bits per heavy atom. The molecule has 2 aliphatic heterocycles. The predicted molar refractivity (Wildman–Crippen MR) is 210 cm³/mol. The molecule has 0 radical (unpaired) electrons. The zero-order chi connectivity index (χ0) is 35.2. The number of hydrogen-bond acceptors (Lipinski definition) is 4. The molecule has 4 aromatic carbocycles. The maximum atomic E-state index is 2.57. The van der Waals surface area contributed by atoms with Crippen LogP contribution in [0.2, 0.25) is 0 Å². The zero-order valence-corrected chi connectivity index (χ0v) is 32.1. The van der Waals surface area contributed by atoms with Crippen LogP contribution in [-0.2, 0) is 0 Å². The smallest absolute Gasteiger partial charge is 0.107 e. The van der Waals surface area contributed by atoms with Crippen molar-refractivity contribution < 1.29 is 0 Å². The summed E-state index contributed by atoms with van der Waals surface area (Å²) in [4.78, 5) is 9.93. The molecule has 1 saturated heterocycles. The first-order valence-electron chi connectivity index (χ1n) is 17.7. The average molecular weight is 643 g/mol. The second-order valence-corrected chi connectivity index (χ2v) is 14.8. The molecular weight excluding hydrogens is 585 g/mol. The fraction of sp³-hybridized carbons (Fsp3) is 0.409. The van der Waals surface area contributed by atoms with Crippen LogP contribution in [0.3, 0.4) is 0 Å². The molecule has 2 aliphatic rings. The monoisotopic (exact) mass is 642 g/mol. The molecule has 0 atom stereocenters. The highest BCUT2D eigenvalue weighted by Gasteiger charge is 2.32. The summed E-state index contributed by atoms with van der Waals surface area (Å²) in [6.45, 7) is 33.3. The third kappa shape index (κ3) is 6.72. The van der Waals surface area contributed by atoms with Crippen molar-refractivity contribution in [2.24, 2.45) is 0 Å². The maximum Gasteiger partial charge on any atom is 0.107 e. The fourth-order valence-electron chi connectivity index (χ4n) is 8.81. The van der Waals surface area contributed by atoms with Crippen molar-refractivity contribution in [3.63, 3.8) is 0 Å². The van der Waals surface area contributed by atoms with Crippen molar-refractivity contribution in [2.45, 2.75) is 109 Å². The summed E-state index contributed by atoms with van der Waals surface area (Å²) in [5.41, 5.74) is 21.7. The lowest BCUT2D eigenvalue weighted by atomic mass is 10.0. The van der Waals surface area contributed by atoms with Gasteiger partial charge in [-0.1, -0.05) is 70.8 Å². The first-order chi connectivity index (χ1) is 22.6. The van der Waals surface area contributed by atoms with Crippen LogP contribution in [0, 0.1) is 83.1 Å². The van der Waals surface area contributed by atoms with Crippen molar-refractivity contribution in [2.75, 3.05) is 32.7 Å². The second-order valence-electron chi connectivity index (χ2n) is 14.8. The maximum absolute atomic E-state index is 2.57. The fourth-order valence-corrected chi connectivity index (χ4v) is 8.81. The molecule has 1 fully saturated rings. The van der Waals surface area contributed by atoms with Crippen LogP contribution < -0.4 is 19.6 Å². The number of anilines is 4. The summed E-state index contributed by atoms with van der Waals surface area (Å²) < 4.78 is 0. The Morgan fingerprint density at radius 3 is 0.833 bits per heavy atom. The van der Waals surface area contributed by atoms with Crippen LogP contribution in [0.25, 0.3) is 0 Å². The first kappa shape index (κ1) is 35.1. The molecule has 0 aliphatic carbocycles. The van der Waals surface area contributed by atoms with Crippen LogP contribution in [0.5, 0.6) is 0 Å². The molecule has 254 valence electrons. The highest BCUT2D eigenvalue weighted by atomic mass is 15.4. The van der Waals surface area contributed by atoms with Crippen LogP contribution in [-0.4, -0.2) is 25.4 Å². The predicted octanol–water partition coefficient (Wildman–Crippen LogP) is 10.9. The van der Waals surface area contributed by atoms with E-state index in [1.165, 1.54) is 89.5 Å². The molecule has 0 bridgehead atoms. The Hall–Kier alpha value is -4.18. The first-order valence-corrected chi connectivity index (χ1v) is 17.7. The minimum absolute atomic E-state index is 0.269. The highest BCUT2D eigenvalue weighted by Crippen LogP contribution is 2.38. The molecule has 2 heterocycles. The summed E-state index contributed by atoms with van der Waals surface area (Å²) in [6, 6.07) is 18.3. The van der Waals surface area contributed by atoms with Gasteiger partial charge in [0.05, 0.1) is 6.17 Å². The van der Waals surface area contributed by atoms with E-state index >= 15 is 0 Å². The van der Waals surface area contributed by atoms with Crippen LogP contribution in [0.4, 0.5) is 22.7 Å². The van der Waals surface area contributed by atoms with Crippen molar-refractivity contribution in [1.29, 1.82) is 0 Å². The third-order valence-corrected chi connectivity index (χ3v) is 10.3. The Balaban J connectivity index is 0.000000188. The van der Waals surface area contributed by atoms with Crippen molar-refractivity contribution in [3.05, 3.63) is 128 Å². The number of nitrogens with zero attached hydrogens (tertiary/aromatic N) is 4. The summed E-state index contributed by atoms with van der Waals surface area (Å²) >= 11 is 0. The van der Waals surface area contributed by atoms with E-state index in [1.807, 2.05) is 0 Å². The lowest BCUT2D eigenvalue weighted by Crippen LogP contribution is -2.37. The summed E-state index contributed by atoms with van der Waals surface area (Å²) in [5.74, 6) is 0. The van der Waals surface area contributed by atoms with Crippen LogP contribution in [0.1, 0.15) is 80.6 Å². The van der Waals surface area contributed by atoms with E-state index in [1.54, 1.807) is 0 Å². The van der Waals surface area contributed by atoms with Gasteiger partial charge in [0.15, 0.2) is 0 Å². The summed E-state index contributed by atoms with van der Waals surface area (Å²) in [6.07, 6.45) is 5.08. The normalized spacial score (nSPS) is 15.1. The molecule has 0 saturated carbocycles. The van der Waals surface area contributed by atoms with Crippen molar-refractivity contribution in [3.8, 4) is 0 Å². The van der Waals surface area contributed by atoms with Gasteiger partial charge < -0.3 is 19.6 Å². The van der Waals surface area contributed by atoms with E-state index in [0.29, 0.717) is 6.17 Å². The Labute approximate surface area is 291 Å². The van der Waals surface area contributed by atoms with Gasteiger partial charge in [0.2, 0.25) is 0 Å². The molecule has 48 heavy (non-hydrogen) atoms. The molecule has 0 unspecified atom stereocenters. The standard InChI is InChI=1S/C22H30N2.C22H28N2/c2*1-14-10-16(3)21(17(4)11-14)23-8-9-24(20(23)7)22-18(5)12-15(2)13-19(22)6/h10-13,20H,8-9H2,1-7H3;8-13,20H,1-7H3. The van der Waals surface area contributed by atoms with Gasteiger partial charge in [-0.15, -0.1) is 0 Å². The number of aryl methyl sites for hydroxylation is 12. The van der Waals surface area contributed by atoms with E-state index in [0.717, 1.165) is 13.1 Å². The van der Waals surface area contributed by atoms with Gasteiger partial charge in [-0.3, -0.25) is 0 Å². The zero-order valence-electron chi connectivity index (χ0n) is 32.1. The van der Waals surface area contributed by atoms with Gasteiger partial charge in [-0.25, -0.2) is 0 Å². The molecule has 0 aromatic heterocycles. The molecule has 6 rings (SSSR count). The number of hydrogen-bond donors (Lipinski definition) is 0. The van der Waals surface area contributed by atoms with E-state index < -0.39 is 0 Å². The van der Waals surface area contributed by atoms with Gasteiger partial charge in [0.1, 0.15) is 6.17 Å². The summed E-state index contributed by atoms with van der Waals surface area (Å²) in [7, 11) is 0. The molecule has 0 amide bonds. The summed E-state index contributed by atoms with van der Waals surface area (Å²) in [5, 5.41) is 0. The SMILES string of the molecule is Cc1cc(C)c(N2C=CN(c3c(C)cc(C)cc3C)C2C)c(C)c1.Cc1cc(C)c(N2CCN(c3c(C)cc(C)cc3C)C2C)c(C)c1. The van der Waals surface area contributed by atoms with Gasteiger partial charge in [0, 0.05) is 48.2 Å². The second kappa shape index (κ2) is 13.7. The molecule has 4 aromatic rings. The lowest BCUT2D eigenvalue weighted by Gasteiger charge is -2.33. The number of benzene rings is 4. The quantitative estimate of drug-likeness (QED) is 0.220. The number of rotatable bonds is 4. The van der Waals surface area contributed by atoms with Gasteiger partial charge in [-0.05, 0) is 141 Å². The van der Waals surface area contributed by atoms with Gasteiger partial charge in [-0.2, -0.15) is 0 Å². The third-order valence-electron chi connectivity index (χ3n) is 10.3. The molecule has 0 N–H and O–H groups in total. The highest BCUT2D eigenvalue weighted by molar-refractivity contribution is 5.71. The van der Waals surface area contributed by atoms with Crippen LogP contribution in [0.15, 0.2) is 60.9 Å². The lowest BCUT2D eigenvalue weighted by molar-refractivity contribution is 0.726. The molecule has 4 heteroatoms. The van der Waals surface area contributed by atoms with E-state index in [9.17, 15) is 0 Å². The molecular formula is C44H58N4. The van der Waals surface area contributed by atoms with Gasteiger partial charge in [0.25, 0.3) is 0 Å². The van der Waals surface area contributed by atoms with E-state index in [-0.39, 0.29) is 6.17 Å².